The number of carboxylic acid groups (broad SMARTS) is 1. The van der Waals surface area contributed by atoms with Crippen LogP contribution < -0.4 is 4.90 Å². The third-order valence-corrected chi connectivity index (χ3v) is 6.13. The van der Waals surface area contributed by atoms with Crippen LogP contribution >= 0.6 is 0 Å². The lowest BCUT2D eigenvalue weighted by molar-refractivity contribution is 0.0697. The smallest absolute Gasteiger partial charge is 0.335 e. The molecular weight excluding hydrogens is 404 g/mol. The summed E-state index contributed by atoms with van der Waals surface area (Å²) in [4.78, 5) is 22.3. The van der Waals surface area contributed by atoms with E-state index in [1.165, 1.54) is 0 Å². The zero-order valence-corrected chi connectivity index (χ0v) is 17.8. The number of piperidine rings is 1. The van der Waals surface area contributed by atoms with Crippen LogP contribution in [0.3, 0.4) is 0 Å². The Labute approximate surface area is 185 Å². The molecule has 0 saturated carbocycles. The zero-order valence-electron chi connectivity index (χ0n) is 17.8. The van der Waals surface area contributed by atoms with Gasteiger partial charge in [0.05, 0.1) is 17.1 Å². The van der Waals surface area contributed by atoms with Crippen molar-refractivity contribution in [2.24, 2.45) is 0 Å². The van der Waals surface area contributed by atoms with Crippen molar-refractivity contribution >= 4 is 23.0 Å². The standard InChI is InChI=1S/C24H24N6O2/c1-2-16-14-25-24(26-15-16)29-11-9-20(10-12-29)30-22-8-7-19(13-21(22)27-28-30)17-3-5-18(6-4-17)23(31)32/h3-8,13-15,20H,2,9-12H2,1H3,(H,31,32). The zero-order chi connectivity index (χ0) is 22.1. The van der Waals surface area contributed by atoms with Gasteiger partial charge in [0.25, 0.3) is 0 Å². The van der Waals surface area contributed by atoms with Gasteiger partial charge in [-0.25, -0.2) is 19.4 Å². The van der Waals surface area contributed by atoms with Crippen LogP contribution in [0.4, 0.5) is 5.95 Å². The van der Waals surface area contributed by atoms with E-state index in [2.05, 4.69) is 38.2 Å². The van der Waals surface area contributed by atoms with Crippen molar-refractivity contribution in [2.45, 2.75) is 32.2 Å². The third-order valence-electron chi connectivity index (χ3n) is 6.13. The minimum Gasteiger partial charge on any atom is -0.478 e. The summed E-state index contributed by atoms with van der Waals surface area (Å²) in [5.41, 5.74) is 5.22. The van der Waals surface area contributed by atoms with E-state index in [1.807, 2.05) is 41.3 Å². The van der Waals surface area contributed by atoms with Crippen LogP contribution in [0.1, 0.15) is 41.7 Å². The van der Waals surface area contributed by atoms with Gasteiger partial charge in [0.15, 0.2) is 0 Å². The van der Waals surface area contributed by atoms with Crippen LogP contribution in [0.15, 0.2) is 54.9 Å². The molecule has 8 nitrogen and oxygen atoms in total. The van der Waals surface area contributed by atoms with E-state index in [0.29, 0.717) is 0 Å². The van der Waals surface area contributed by atoms with Gasteiger partial charge in [-0.15, -0.1) is 5.10 Å². The van der Waals surface area contributed by atoms with Gasteiger partial charge in [-0.05, 0) is 60.2 Å². The van der Waals surface area contributed by atoms with Gasteiger partial charge in [0.1, 0.15) is 5.52 Å². The van der Waals surface area contributed by atoms with Gasteiger partial charge >= 0.3 is 5.97 Å². The Bertz CT molecular complexity index is 1240. The second-order valence-corrected chi connectivity index (χ2v) is 8.08. The molecule has 0 aliphatic carbocycles. The summed E-state index contributed by atoms with van der Waals surface area (Å²) >= 11 is 0. The highest BCUT2D eigenvalue weighted by molar-refractivity contribution is 5.89. The Kier molecular flexibility index (Phi) is 5.26. The molecule has 4 aromatic rings. The maximum atomic E-state index is 11.1. The molecule has 8 heteroatoms. The topological polar surface area (TPSA) is 97.0 Å². The lowest BCUT2D eigenvalue weighted by Crippen LogP contribution is -2.36. The first-order valence-electron chi connectivity index (χ1n) is 10.9. The van der Waals surface area contributed by atoms with Gasteiger partial charge in [0.2, 0.25) is 5.95 Å². The molecule has 0 bridgehead atoms. The van der Waals surface area contributed by atoms with Crippen molar-refractivity contribution in [1.29, 1.82) is 0 Å². The molecular formula is C24H24N6O2. The summed E-state index contributed by atoms with van der Waals surface area (Å²) in [6, 6.07) is 13.3. The monoisotopic (exact) mass is 428 g/mol. The number of aromatic carboxylic acids is 1. The second-order valence-electron chi connectivity index (χ2n) is 8.08. The summed E-state index contributed by atoms with van der Waals surface area (Å²) < 4.78 is 2.03. The highest BCUT2D eigenvalue weighted by Gasteiger charge is 2.24. The van der Waals surface area contributed by atoms with Crippen LogP contribution in [0.5, 0.6) is 0 Å². The molecule has 0 unspecified atom stereocenters. The van der Waals surface area contributed by atoms with Gasteiger partial charge < -0.3 is 10.0 Å². The molecule has 0 radical (unpaired) electrons. The Morgan fingerprint density at radius 1 is 1.03 bits per heavy atom. The van der Waals surface area contributed by atoms with E-state index in [1.54, 1.807) is 12.1 Å². The number of carbonyl (C=O) groups is 1. The van der Waals surface area contributed by atoms with E-state index in [9.17, 15) is 4.79 Å². The number of nitrogens with zero attached hydrogens (tertiary/aromatic N) is 6. The molecule has 0 atom stereocenters. The van der Waals surface area contributed by atoms with Gasteiger partial charge in [0, 0.05) is 25.5 Å². The average Bonchev–Trinajstić information content (AvgIpc) is 3.27. The maximum absolute atomic E-state index is 11.1. The molecule has 1 aliphatic heterocycles. The number of fused-ring (bicyclic) bond motifs is 1. The number of anilines is 1. The van der Waals surface area contributed by atoms with E-state index in [0.717, 1.165) is 66.0 Å². The number of benzene rings is 2. The molecule has 5 rings (SSSR count). The number of aryl methyl sites for hydroxylation is 1. The highest BCUT2D eigenvalue weighted by Crippen LogP contribution is 2.29. The van der Waals surface area contributed by atoms with Crippen molar-refractivity contribution in [1.82, 2.24) is 25.0 Å². The van der Waals surface area contributed by atoms with Crippen LogP contribution in [0, 0.1) is 0 Å². The van der Waals surface area contributed by atoms with Gasteiger partial charge in [-0.3, -0.25) is 0 Å². The van der Waals surface area contributed by atoms with Crippen LogP contribution in [0.2, 0.25) is 0 Å². The molecule has 1 saturated heterocycles. The molecule has 2 aromatic carbocycles. The first-order chi connectivity index (χ1) is 15.6. The maximum Gasteiger partial charge on any atom is 0.335 e. The van der Waals surface area contributed by atoms with Gasteiger partial charge in [-0.2, -0.15) is 0 Å². The fourth-order valence-electron chi connectivity index (χ4n) is 4.20. The summed E-state index contributed by atoms with van der Waals surface area (Å²) in [6.45, 7) is 3.86. The van der Waals surface area contributed by atoms with Crippen LogP contribution in [-0.2, 0) is 6.42 Å². The minimum atomic E-state index is -0.925. The summed E-state index contributed by atoms with van der Waals surface area (Å²) in [7, 11) is 0. The lowest BCUT2D eigenvalue weighted by atomic mass is 10.0. The largest absolute Gasteiger partial charge is 0.478 e. The minimum absolute atomic E-state index is 0.277. The molecule has 2 aromatic heterocycles. The molecule has 32 heavy (non-hydrogen) atoms. The number of carboxylic acids is 1. The summed E-state index contributed by atoms with van der Waals surface area (Å²) in [6.07, 6.45) is 6.67. The predicted octanol–water partition coefficient (Wildman–Crippen LogP) is 3.99. The van der Waals surface area contributed by atoms with E-state index >= 15 is 0 Å². The quantitative estimate of drug-likeness (QED) is 0.513. The Morgan fingerprint density at radius 2 is 1.72 bits per heavy atom. The number of rotatable bonds is 5. The Hall–Kier alpha value is -3.81. The average molecular weight is 428 g/mol. The van der Waals surface area contributed by atoms with Crippen molar-refractivity contribution < 1.29 is 9.90 Å². The number of hydrogen-bond acceptors (Lipinski definition) is 6. The molecule has 1 N–H and O–H groups in total. The lowest BCUT2D eigenvalue weighted by Gasteiger charge is -2.32. The molecule has 162 valence electrons. The van der Waals surface area contributed by atoms with E-state index in [-0.39, 0.29) is 11.6 Å². The van der Waals surface area contributed by atoms with Crippen molar-refractivity contribution in [3.63, 3.8) is 0 Å². The predicted molar refractivity (Wildman–Crippen MR) is 122 cm³/mol. The third kappa shape index (κ3) is 3.79. The van der Waals surface area contributed by atoms with Crippen LogP contribution in [0.25, 0.3) is 22.2 Å². The molecule has 1 fully saturated rings. The molecule has 0 spiro atoms. The number of hydrogen-bond donors (Lipinski definition) is 1. The molecule has 3 heterocycles. The van der Waals surface area contributed by atoms with Crippen LogP contribution in [-0.4, -0.2) is 49.1 Å². The van der Waals surface area contributed by atoms with Crippen molar-refractivity contribution in [2.75, 3.05) is 18.0 Å². The van der Waals surface area contributed by atoms with Gasteiger partial charge in [-0.1, -0.05) is 30.3 Å². The molecule has 1 aliphatic rings. The van der Waals surface area contributed by atoms with Crippen molar-refractivity contribution in [3.05, 3.63) is 66.0 Å². The number of aromatic nitrogens is 5. The Balaban J connectivity index is 1.31. The van der Waals surface area contributed by atoms with Crippen molar-refractivity contribution in [3.8, 4) is 11.1 Å². The van der Waals surface area contributed by atoms with E-state index in [4.69, 9.17) is 5.11 Å². The normalized spacial score (nSPS) is 14.7. The summed E-state index contributed by atoms with van der Waals surface area (Å²) in [5, 5.41) is 17.9. The SMILES string of the molecule is CCc1cnc(N2CCC(n3nnc4cc(-c5ccc(C(=O)O)cc5)ccc43)CC2)nc1. The molecule has 0 amide bonds. The van der Waals surface area contributed by atoms with E-state index < -0.39 is 5.97 Å². The first kappa shape index (κ1) is 20.1. The fraction of sp³-hybridized carbons (Fsp3) is 0.292. The summed E-state index contributed by atoms with van der Waals surface area (Å²) in [5.74, 6) is -0.131. The fourth-order valence-corrected chi connectivity index (χ4v) is 4.20. The highest BCUT2D eigenvalue weighted by atomic mass is 16.4. The Morgan fingerprint density at radius 3 is 2.38 bits per heavy atom. The second kappa shape index (κ2) is 8.37. The first-order valence-corrected chi connectivity index (χ1v) is 10.9.